The third kappa shape index (κ3) is 3.92. The summed E-state index contributed by atoms with van der Waals surface area (Å²) in [6.07, 6.45) is 0. The summed E-state index contributed by atoms with van der Waals surface area (Å²) in [6, 6.07) is 13.8. The van der Waals surface area contributed by atoms with Gasteiger partial charge in [0.15, 0.2) is 5.82 Å². The Balaban J connectivity index is 1.68. The highest BCUT2D eigenvalue weighted by molar-refractivity contribution is 5.89. The monoisotopic (exact) mass is 338 g/mol. The number of aryl methyl sites for hydroxylation is 1. The molecule has 128 valence electrons. The molecular weight excluding hydrogens is 320 g/mol. The second-order valence-corrected chi connectivity index (χ2v) is 5.66. The maximum atomic E-state index is 12.4. The van der Waals surface area contributed by atoms with Gasteiger partial charge in [-0.1, -0.05) is 24.3 Å². The molecule has 2 N–H and O–H groups in total. The summed E-state index contributed by atoms with van der Waals surface area (Å²) < 4.78 is 1.57. The quantitative estimate of drug-likeness (QED) is 0.760. The number of amides is 2. The maximum Gasteiger partial charge on any atom is 0.321 e. The molecule has 0 radical (unpaired) electrons. The lowest BCUT2D eigenvalue weighted by Crippen LogP contribution is -2.30. The number of hydrogen-bond donors (Lipinski definition) is 2. The number of urea groups is 1. The maximum absolute atomic E-state index is 12.4. The van der Waals surface area contributed by atoms with E-state index in [4.69, 9.17) is 0 Å². The molecule has 2 amide bonds. The Morgan fingerprint density at radius 1 is 1.24 bits per heavy atom. The number of carbonyl (C=O) groups excluding carboxylic acids is 1. The Labute approximate surface area is 144 Å². The predicted octanol–water partition coefficient (Wildman–Crippen LogP) is 2.25. The van der Waals surface area contributed by atoms with Crippen LogP contribution < -0.4 is 5.32 Å². The number of nitrogens with one attached hydrogen (secondary N) is 1. The van der Waals surface area contributed by atoms with E-state index in [9.17, 15) is 9.90 Å². The van der Waals surface area contributed by atoms with Crippen LogP contribution in [-0.4, -0.2) is 43.3 Å². The number of tetrazole rings is 1. The van der Waals surface area contributed by atoms with Crippen LogP contribution in [0.5, 0.6) is 5.75 Å². The molecule has 3 rings (SSSR count). The standard InChI is InChI=1S/C17H18N6O2/c1-22(11-12-6-8-15(24)9-7-12)17(25)18-14-5-3-4-13(10-14)16-19-20-21-23(16)2/h3-10,24H,11H2,1-2H3,(H,18,25). The molecule has 3 aromatic rings. The van der Waals surface area contributed by atoms with Crippen molar-refractivity contribution in [2.45, 2.75) is 6.54 Å². The van der Waals surface area contributed by atoms with E-state index in [2.05, 4.69) is 20.8 Å². The van der Waals surface area contributed by atoms with E-state index < -0.39 is 0 Å². The molecule has 0 aliphatic rings. The summed E-state index contributed by atoms with van der Waals surface area (Å²) in [5.74, 6) is 0.819. The van der Waals surface area contributed by atoms with Crippen LogP contribution >= 0.6 is 0 Å². The smallest absolute Gasteiger partial charge is 0.321 e. The van der Waals surface area contributed by atoms with Gasteiger partial charge in [0.05, 0.1) is 0 Å². The van der Waals surface area contributed by atoms with Crippen molar-refractivity contribution in [3.63, 3.8) is 0 Å². The fraction of sp³-hybridized carbons (Fsp3) is 0.176. The number of hydrogen-bond acceptors (Lipinski definition) is 5. The first-order valence-electron chi connectivity index (χ1n) is 7.66. The van der Waals surface area contributed by atoms with Gasteiger partial charge in [0.1, 0.15) is 5.75 Å². The van der Waals surface area contributed by atoms with Crippen molar-refractivity contribution >= 4 is 11.7 Å². The Morgan fingerprint density at radius 2 is 2.00 bits per heavy atom. The summed E-state index contributed by atoms with van der Waals surface area (Å²) in [7, 11) is 3.46. The lowest BCUT2D eigenvalue weighted by Gasteiger charge is -2.18. The highest BCUT2D eigenvalue weighted by Crippen LogP contribution is 2.20. The molecule has 0 saturated carbocycles. The van der Waals surface area contributed by atoms with Crippen molar-refractivity contribution in [2.75, 3.05) is 12.4 Å². The average molecular weight is 338 g/mol. The lowest BCUT2D eigenvalue weighted by molar-refractivity contribution is 0.220. The second kappa shape index (κ2) is 7.00. The van der Waals surface area contributed by atoms with Crippen LogP contribution in [0.3, 0.4) is 0 Å². The summed E-state index contributed by atoms with van der Waals surface area (Å²) in [5, 5.41) is 23.6. The summed E-state index contributed by atoms with van der Waals surface area (Å²) >= 11 is 0. The fourth-order valence-electron chi connectivity index (χ4n) is 2.38. The second-order valence-electron chi connectivity index (χ2n) is 5.66. The van der Waals surface area contributed by atoms with E-state index in [-0.39, 0.29) is 11.8 Å². The van der Waals surface area contributed by atoms with Crippen LogP contribution in [0.25, 0.3) is 11.4 Å². The number of nitrogens with zero attached hydrogens (tertiary/aromatic N) is 5. The predicted molar refractivity (Wildman–Crippen MR) is 92.8 cm³/mol. The molecule has 0 spiro atoms. The molecule has 8 nitrogen and oxygen atoms in total. The van der Waals surface area contributed by atoms with Gasteiger partial charge in [0.2, 0.25) is 0 Å². The van der Waals surface area contributed by atoms with Crippen LogP contribution in [0.4, 0.5) is 10.5 Å². The number of aromatic nitrogens is 4. The summed E-state index contributed by atoms with van der Waals surface area (Å²) in [6.45, 7) is 0.430. The molecule has 8 heteroatoms. The zero-order chi connectivity index (χ0) is 17.8. The molecule has 0 unspecified atom stereocenters. The Hall–Kier alpha value is -3.42. The van der Waals surface area contributed by atoms with Crippen molar-refractivity contribution in [3.8, 4) is 17.1 Å². The minimum atomic E-state index is -0.235. The normalized spacial score (nSPS) is 10.5. The largest absolute Gasteiger partial charge is 0.508 e. The molecule has 2 aromatic carbocycles. The zero-order valence-corrected chi connectivity index (χ0v) is 13.9. The molecule has 0 aliphatic carbocycles. The van der Waals surface area contributed by atoms with Crippen molar-refractivity contribution in [1.82, 2.24) is 25.1 Å². The number of aromatic hydroxyl groups is 1. The van der Waals surface area contributed by atoms with Gasteiger partial charge in [0, 0.05) is 31.9 Å². The van der Waals surface area contributed by atoms with Crippen LogP contribution in [-0.2, 0) is 13.6 Å². The summed E-state index contributed by atoms with van der Waals surface area (Å²) in [5.41, 5.74) is 2.39. The van der Waals surface area contributed by atoms with Crippen LogP contribution in [0, 0.1) is 0 Å². The molecule has 0 bridgehead atoms. The van der Waals surface area contributed by atoms with Gasteiger partial charge in [-0.15, -0.1) is 5.10 Å². The third-order valence-corrected chi connectivity index (χ3v) is 3.69. The van der Waals surface area contributed by atoms with Gasteiger partial charge >= 0.3 is 6.03 Å². The SMILES string of the molecule is CN(Cc1ccc(O)cc1)C(=O)Nc1cccc(-c2nnnn2C)c1. The fourth-order valence-corrected chi connectivity index (χ4v) is 2.38. The van der Waals surface area contributed by atoms with Gasteiger partial charge in [-0.3, -0.25) is 0 Å². The first kappa shape index (κ1) is 16.4. The topological polar surface area (TPSA) is 96.2 Å². The molecule has 0 atom stereocenters. The third-order valence-electron chi connectivity index (χ3n) is 3.69. The number of carbonyl (C=O) groups is 1. The first-order valence-corrected chi connectivity index (χ1v) is 7.66. The Morgan fingerprint density at radius 3 is 2.68 bits per heavy atom. The Kier molecular flexibility index (Phi) is 4.60. The van der Waals surface area contributed by atoms with Gasteiger partial charge < -0.3 is 15.3 Å². The Bertz CT molecular complexity index is 875. The number of phenolic OH excluding ortho intramolecular Hbond substituents is 1. The zero-order valence-electron chi connectivity index (χ0n) is 13.9. The molecule has 1 aromatic heterocycles. The lowest BCUT2D eigenvalue weighted by atomic mass is 10.2. The van der Waals surface area contributed by atoms with E-state index in [1.807, 2.05) is 18.2 Å². The number of phenols is 1. The van der Waals surface area contributed by atoms with E-state index >= 15 is 0 Å². The number of anilines is 1. The minimum absolute atomic E-state index is 0.200. The molecule has 0 saturated heterocycles. The molecular formula is C17H18N6O2. The van der Waals surface area contributed by atoms with Gasteiger partial charge in [0.25, 0.3) is 0 Å². The van der Waals surface area contributed by atoms with E-state index in [1.165, 1.54) is 0 Å². The number of benzene rings is 2. The first-order chi connectivity index (χ1) is 12.0. The molecule has 1 heterocycles. The van der Waals surface area contributed by atoms with E-state index in [0.717, 1.165) is 11.1 Å². The van der Waals surface area contributed by atoms with Crippen molar-refractivity contribution in [2.24, 2.45) is 7.05 Å². The van der Waals surface area contributed by atoms with Crippen molar-refractivity contribution in [3.05, 3.63) is 54.1 Å². The summed E-state index contributed by atoms with van der Waals surface area (Å²) in [4.78, 5) is 13.9. The minimum Gasteiger partial charge on any atom is -0.508 e. The van der Waals surface area contributed by atoms with Crippen LogP contribution in [0.1, 0.15) is 5.56 Å². The highest BCUT2D eigenvalue weighted by Gasteiger charge is 2.11. The molecule has 25 heavy (non-hydrogen) atoms. The highest BCUT2D eigenvalue weighted by atomic mass is 16.3. The molecule has 0 fully saturated rings. The molecule has 0 aliphatic heterocycles. The van der Waals surface area contributed by atoms with Crippen molar-refractivity contribution in [1.29, 1.82) is 0 Å². The van der Waals surface area contributed by atoms with Crippen molar-refractivity contribution < 1.29 is 9.90 Å². The van der Waals surface area contributed by atoms with Crippen LogP contribution in [0.15, 0.2) is 48.5 Å². The van der Waals surface area contributed by atoms with Gasteiger partial charge in [-0.25, -0.2) is 9.48 Å². The van der Waals surface area contributed by atoms with Crippen LogP contribution in [0.2, 0.25) is 0 Å². The van der Waals surface area contributed by atoms with Gasteiger partial charge in [-0.2, -0.15) is 0 Å². The van der Waals surface area contributed by atoms with Gasteiger partial charge in [-0.05, 0) is 40.3 Å². The van der Waals surface area contributed by atoms with E-state index in [0.29, 0.717) is 18.1 Å². The average Bonchev–Trinajstić information content (AvgIpc) is 3.03. The number of rotatable bonds is 4. The van der Waals surface area contributed by atoms with E-state index in [1.54, 1.807) is 54.0 Å².